The predicted octanol–water partition coefficient (Wildman–Crippen LogP) is 2.58. The molecule has 114 valence electrons. The summed E-state index contributed by atoms with van der Waals surface area (Å²) in [5.74, 6) is 0.0643. The fourth-order valence-corrected chi connectivity index (χ4v) is 2.77. The fraction of sp³-hybridized carbons (Fsp3) is 0.500. The maximum absolute atomic E-state index is 12.0. The van der Waals surface area contributed by atoms with Crippen molar-refractivity contribution in [2.45, 2.75) is 38.6 Å². The van der Waals surface area contributed by atoms with Crippen LogP contribution in [0.3, 0.4) is 0 Å². The molecule has 1 aliphatic carbocycles. The van der Waals surface area contributed by atoms with Crippen LogP contribution in [0.2, 0.25) is 0 Å². The summed E-state index contributed by atoms with van der Waals surface area (Å²) in [6.07, 6.45) is 0.850. The molecule has 2 atom stereocenters. The van der Waals surface area contributed by atoms with Gasteiger partial charge in [0.2, 0.25) is 11.8 Å². The van der Waals surface area contributed by atoms with Gasteiger partial charge in [-0.1, -0.05) is 28.1 Å². The van der Waals surface area contributed by atoms with Gasteiger partial charge in [0, 0.05) is 15.9 Å². The first-order chi connectivity index (χ1) is 9.76. The second-order valence-electron chi connectivity index (χ2n) is 6.52. The van der Waals surface area contributed by atoms with Gasteiger partial charge in [-0.3, -0.25) is 9.59 Å². The number of amides is 2. The Bertz CT molecular complexity index is 551. The molecule has 1 fully saturated rings. The monoisotopic (exact) mass is 352 g/mol. The van der Waals surface area contributed by atoms with Gasteiger partial charge in [-0.2, -0.15) is 0 Å². The van der Waals surface area contributed by atoms with E-state index in [4.69, 9.17) is 0 Å². The molecule has 2 amide bonds. The van der Waals surface area contributed by atoms with E-state index < -0.39 is 0 Å². The first kappa shape index (κ1) is 16.0. The van der Waals surface area contributed by atoms with Gasteiger partial charge in [0.15, 0.2) is 0 Å². The van der Waals surface area contributed by atoms with Gasteiger partial charge in [-0.25, -0.2) is 0 Å². The van der Waals surface area contributed by atoms with Gasteiger partial charge < -0.3 is 10.6 Å². The number of carbonyl (C=O) groups excluding carboxylic acids is 2. The second kappa shape index (κ2) is 6.18. The minimum atomic E-state index is -0.278. The Hall–Kier alpha value is -1.36. The second-order valence-corrected chi connectivity index (χ2v) is 7.44. The molecule has 2 rings (SSSR count). The van der Waals surface area contributed by atoms with Crippen LogP contribution in [0.15, 0.2) is 28.7 Å². The smallest absolute Gasteiger partial charge is 0.239 e. The van der Waals surface area contributed by atoms with Crippen LogP contribution in [0.1, 0.15) is 38.7 Å². The molecule has 5 heteroatoms. The molecule has 2 N–H and O–H groups in total. The highest BCUT2D eigenvalue weighted by atomic mass is 79.9. The van der Waals surface area contributed by atoms with E-state index in [0.717, 1.165) is 10.9 Å². The highest BCUT2D eigenvalue weighted by molar-refractivity contribution is 9.10. The Morgan fingerprint density at radius 3 is 2.67 bits per heavy atom. The van der Waals surface area contributed by atoms with Crippen LogP contribution in [0.5, 0.6) is 0 Å². The average Bonchev–Trinajstić information content (AvgIpc) is 3.14. The van der Waals surface area contributed by atoms with Crippen LogP contribution in [0.4, 0.5) is 0 Å². The number of rotatable bonds is 4. The number of hydrogen-bond donors (Lipinski definition) is 2. The van der Waals surface area contributed by atoms with Gasteiger partial charge in [0.05, 0.1) is 6.54 Å². The number of halogens is 1. The van der Waals surface area contributed by atoms with Crippen LogP contribution in [-0.2, 0) is 9.59 Å². The predicted molar refractivity (Wildman–Crippen MR) is 85.9 cm³/mol. The molecule has 0 saturated heterocycles. The first-order valence-corrected chi connectivity index (χ1v) is 7.90. The van der Waals surface area contributed by atoms with Crippen LogP contribution in [0.25, 0.3) is 0 Å². The van der Waals surface area contributed by atoms with Crippen molar-refractivity contribution in [2.24, 2.45) is 5.92 Å². The Morgan fingerprint density at radius 2 is 2.05 bits per heavy atom. The summed E-state index contributed by atoms with van der Waals surface area (Å²) in [5, 5.41) is 5.54. The van der Waals surface area contributed by atoms with Crippen molar-refractivity contribution in [3.05, 3.63) is 34.3 Å². The average molecular weight is 353 g/mol. The van der Waals surface area contributed by atoms with E-state index in [1.54, 1.807) is 0 Å². The number of benzene rings is 1. The molecule has 21 heavy (non-hydrogen) atoms. The van der Waals surface area contributed by atoms with Gasteiger partial charge in [0.25, 0.3) is 0 Å². The van der Waals surface area contributed by atoms with Crippen molar-refractivity contribution in [3.8, 4) is 0 Å². The molecule has 0 aliphatic heterocycles. The summed E-state index contributed by atoms with van der Waals surface area (Å²) in [5.41, 5.74) is 0.893. The topological polar surface area (TPSA) is 58.2 Å². The zero-order valence-corrected chi connectivity index (χ0v) is 14.2. The third kappa shape index (κ3) is 4.84. The Morgan fingerprint density at radius 1 is 1.33 bits per heavy atom. The number of carbonyl (C=O) groups is 2. The molecular weight excluding hydrogens is 332 g/mol. The van der Waals surface area contributed by atoms with Crippen LogP contribution < -0.4 is 10.6 Å². The molecule has 1 saturated carbocycles. The number of nitrogens with one attached hydrogen (secondary N) is 2. The van der Waals surface area contributed by atoms with Gasteiger partial charge in [0.1, 0.15) is 0 Å². The minimum Gasteiger partial charge on any atom is -0.350 e. The lowest BCUT2D eigenvalue weighted by Gasteiger charge is -2.20. The number of hydrogen-bond acceptors (Lipinski definition) is 2. The van der Waals surface area contributed by atoms with Crippen molar-refractivity contribution >= 4 is 27.7 Å². The molecule has 4 nitrogen and oxygen atoms in total. The minimum absolute atomic E-state index is 0.0123. The molecule has 0 aromatic heterocycles. The molecule has 1 aliphatic rings. The molecule has 1 aromatic carbocycles. The molecule has 0 bridgehead atoms. The Kier molecular flexibility index (Phi) is 4.71. The van der Waals surface area contributed by atoms with E-state index >= 15 is 0 Å². The molecule has 0 spiro atoms. The lowest BCUT2D eigenvalue weighted by molar-refractivity contribution is -0.127. The van der Waals surface area contributed by atoms with E-state index in [0.29, 0.717) is 0 Å². The highest BCUT2D eigenvalue weighted by Gasteiger charge is 2.43. The van der Waals surface area contributed by atoms with Crippen LogP contribution >= 0.6 is 15.9 Å². The normalized spacial score (nSPS) is 20.8. The van der Waals surface area contributed by atoms with Crippen molar-refractivity contribution in [1.29, 1.82) is 0 Å². The standard InChI is InChI=1S/C16H21BrN2O2/c1-16(2,3)19-14(20)9-18-15(21)13-8-12(13)10-5-4-6-11(17)7-10/h4-7,12-13H,8-9H2,1-3H3,(H,18,21)(H,19,20)/t12-,13-/m0/s1. The molecule has 1 aromatic rings. The third-order valence-electron chi connectivity index (χ3n) is 3.34. The summed E-state index contributed by atoms with van der Waals surface area (Å²) >= 11 is 3.44. The summed E-state index contributed by atoms with van der Waals surface area (Å²) in [6.45, 7) is 5.78. The molecular formula is C16H21BrN2O2. The zero-order valence-electron chi connectivity index (χ0n) is 12.6. The Labute approximate surface area is 133 Å². The van der Waals surface area contributed by atoms with E-state index in [2.05, 4.69) is 26.6 Å². The summed E-state index contributed by atoms with van der Waals surface area (Å²) in [6, 6.07) is 8.03. The highest BCUT2D eigenvalue weighted by Crippen LogP contribution is 2.47. The first-order valence-electron chi connectivity index (χ1n) is 7.10. The lowest BCUT2D eigenvalue weighted by atomic mass is 10.1. The third-order valence-corrected chi connectivity index (χ3v) is 3.83. The fourth-order valence-electron chi connectivity index (χ4n) is 2.35. The van der Waals surface area contributed by atoms with Crippen molar-refractivity contribution < 1.29 is 9.59 Å². The summed E-state index contributed by atoms with van der Waals surface area (Å²) in [4.78, 5) is 23.7. The van der Waals surface area contributed by atoms with Crippen LogP contribution in [0, 0.1) is 5.92 Å². The molecule has 0 unspecified atom stereocenters. The summed E-state index contributed by atoms with van der Waals surface area (Å²) in [7, 11) is 0. The van der Waals surface area contributed by atoms with E-state index in [9.17, 15) is 9.59 Å². The van der Waals surface area contributed by atoms with Crippen molar-refractivity contribution in [2.75, 3.05) is 6.54 Å². The van der Waals surface area contributed by atoms with Crippen molar-refractivity contribution in [3.63, 3.8) is 0 Å². The van der Waals surface area contributed by atoms with E-state index in [1.165, 1.54) is 5.56 Å². The maximum atomic E-state index is 12.0. The lowest BCUT2D eigenvalue weighted by Crippen LogP contribution is -2.46. The SMILES string of the molecule is CC(C)(C)NC(=O)CNC(=O)[C@H]1C[C@H]1c1cccc(Br)c1. The maximum Gasteiger partial charge on any atom is 0.239 e. The largest absolute Gasteiger partial charge is 0.350 e. The van der Waals surface area contributed by atoms with Crippen LogP contribution in [-0.4, -0.2) is 23.9 Å². The zero-order chi connectivity index (χ0) is 15.6. The van der Waals surface area contributed by atoms with Gasteiger partial charge >= 0.3 is 0 Å². The van der Waals surface area contributed by atoms with E-state index in [1.807, 2.05) is 45.0 Å². The van der Waals surface area contributed by atoms with Gasteiger partial charge in [-0.15, -0.1) is 0 Å². The summed E-state index contributed by atoms with van der Waals surface area (Å²) < 4.78 is 1.02. The Balaban J connectivity index is 1.80. The quantitative estimate of drug-likeness (QED) is 0.874. The molecule has 0 heterocycles. The van der Waals surface area contributed by atoms with E-state index in [-0.39, 0.29) is 35.7 Å². The van der Waals surface area contributed by atoms with Gasteiger partial charge in [-0.05, 0) is 50.8 Å². The van der Waals surface area contributed by atoms with Crippen molar-refractivity contribution in [1.82, 2.24) is 10.6 Å². The molecule has 0 radical (unpaired) electrons.